The first-order chi connectivity index (χ1) is 11.6. The number of nitrogens with zero attached hydrogens (tertiary/aromatic N) is 1. The van der Waals surface area contributed by atoms with Crippen LogP contribution in [0.4, 0.5) is 5.13 Å². The molecule has 1 aromatic heterocycles. The van der Waals surface area contributed by atoms with E-state index in [4.69, 9.17) is 16.3 Å². The monoisotopic (exact) mass is 358 g/mol. The lowest BCUT2D eigenvalue weighted by Crippen LogP contribution is -2.07. The summed E-state index contributed by atoms with van der Waals surface area (Å²) in [7, 11) is 0. The van der Waals surface area contributed by atoms with Gasteiger partial charge in [-0.3, -0.25) is 10.1 Å². The molecule has 0 fully saturated rings. The average molecular weight is 359 g/mol. The van der Waals surface area contributed by atoms with Gasteiger partial charge in [0.25, 0.3) is 0 Å². The van der Waals surface area contributed by atoms with Gasteiger partial charge in [-0.05, 0) is 48.9 Å². The van der Waals surface area contributed by atoms with E-state index in [1.165, 1.54) is 17.4 Å². The van der Waals surface area contributed by atoms with Crippen molar-refractivity contribution < 1.29 is 9.53 Å². The fourth-order valence-electron chi connectivity index (χ4n) is 2.11. The molecule has 1 heterocycles. The number of carbonyl (C=O) groups excluding carboxylic acids is 1. The van der Waals surface area contributed by atoms with E-state index in [0.29, 0.717) is 16.8 Å². The largest absolute Gasteiger partial charge is 0.494 e. The molecule has 0 saturated heterocycles. The molecule has 0 radical (unpaired) electrons. The van der Waals surface area contributed by atoms with Crippen LogP contribution in [0, 0.1) is 0 Å². The molecule has 0 saturated carbocycles. The molecule has 2 aromatic carbocycles. The molecule has 0 spiro atoms. The number of carbonyl (C=O) groups is 1. The van der Waals surface area contributed by atoms with E-state index in [2.05, 4.69) is 10.3 Å². The number of hydrogen-bond acceptors (Lipinski definition) is 4. The Morgan fingerprint density at radius 2 is 2.08 bits per heavy atom. The van der Waals surface area contributed by atoms with Crippen molar-refractivity contribution in [2.45, 2.75) is 6.92 Å². The molecule has 6 heteroatoms. The predicted octanol–water partition coefficient (Wildman–Crippen LogP) is 5.00. The van der Waals surface area contributed by atoms with Gasteiger partial charge in [-0.15, -0.1) is 0 Å². The van der Waals surface area contributed by atoms with E-state index in [-0.39, 0.29) is 5.91 Å². The summed E-state index contributed by atoms with van der Waals surface area (Å²) >= 11 is 7.25. The molecule has 0 aliphatic heterocycles. The molecular weight excluding hydrogens is 344 g/mol. The standard InChI is InChI=1S/C18H15ClN2O2S/c1-2-23-14-8-9-15-16(11-14)24-18(20-15)21-17(22)10-5-12-3-6-13(19)7-4-12/h3-11H,2H2,1H3,(H,20,21,22). The number of aromatic nitrogens is 1. The summed E-state index contributed by atoms with van der Waals surface area (Å²) in [6.45, 7) is 2.55. The molecule has 0 bridgehead atoms. The van der Waals surface area contributed by atoms with E-state index < -0.39 is 0 Å². The van der Waals surface area contributed by atoms with Gasteiger partial charge >= 0.3 is 0 Å². The number of hydrogen-bond donors (Lipinski definition) is 1. The SMILES string of the molecule is CCOc1ccc2nc(NC(=O)C=Cc3ccc(Cl)cc3)sc2c1. The quantitative estimate of drug-likeness (QED) is 0.653. The van der Waals surface area contributed by atoms with Gasteiger partial charge in [-0.1, -0.05) is 35.1 Å². The second-order valence-corrected chi connectivity index (χ2v) is 6.42. The zero-order chi connectivity index (χ0) is 16.9. The molecule has 0 unspecified atom stereocenters. The maximum atomic E-state index is 12.0. The maximum Gasteiger partial charge on any atom is 0.250 e. The molecule has 0 aliphatic rings. The van der Waals surface area contributed by atoms with Crippen molar-refractivity contribution in [3.8, 4) is 5.75 Å². The van der Waals surface area contributed by atoms with Crippen molar-refractivity contribution in [1.82, 2.24) is 4.98 Å². The number of nitrogens with one attached hydrogen (secondary N) is 1. The minimum atomic E-state index is -0.228. The summed E-state index contributed by atoms with van der Waals surface area (Å²) in [5.41, 5.74) is 1.74. The highest BCUT2D eigenvalue weighted by molar-refractivity contribution is 7.22. The Balaban J connectivity index is 1.69. The Morgan fingerprint density at radius 1 is 1.29 bits per heavy atom. The van der Waals surface area contributed by atoms with Gasteiger partial charge in [0.05, 0.1) is 16.8 Å². The Labute approximate surface area is 148 Å². The molecule has 1 N–H and O–H groups in total. The highest BCUT2D eigenvalue weighted by Crippen LogP contribution is 2.29. The molecule has 3 rings (SSSR count). The number of halogens is 1. The first-order valence-corrected chi connectivity index (χ1v) is 8.61. The van der Waals surface area contributed by atoms with Crippen LogP contribution >= 0.6 is 22.9 Å². The maximum absolute atomic E-state index is 12.0. The van der Waals surface area contributed by atoms with Gasteiger partial charge in [0.2, 0.25) is 5.91 Å². The van der Waals surface area contributed by atoms with E-state index in [9.17, 15) is 4.79 Å². The van der Waals surface area contributed by atoms with Crippen LogP contribution in [0.5, 0.6) is 5.75 Å². The summed E-state index contributed by atoms with van der Waals surface area (Å²) in [6, 6.07) is 12.9. The lowest BCUT2D eigenvalue weighted by Gasteiger charge is -2.00. The Kier molecular flexibility index (Phi) is 5.13. The molecule has 122 valence electrons. The Hall–Kier alpha value is -2.37. The predicted molar refractivity (Wildman–Crippen MR) is 99.9 cm³/mol. The average Bonchev–Trinajstić information content (AvgIpc) is 2.96. The fraction of sp³-hybridized carbons (Fsp3) is 0.111. The zero-order valence-electron chi connectivity index (χ0n) is 13.0. The third-order valence-electron chi connectivity index (χ3n) is 3.20. The Morgan fingerprint density at radius 3 is 2.83 bits per heavy atom. The lowest BCUT2D eigenvalue weighted by molar-refractivity contribution is -0.111. The fourth-order valence-corrected chi connectivity index (χ4v) is 3.13. The summed E-state index contributed by atoms with van der Waals surface area (Å²) < 4.78 is 6.44. The van der Waals surface area contributed by atoms with Crippen LogP contribution in [0.2, 0.25) is 5.02 Å². The highest BCUT2D eigenvalue weighted by Gasteiger charge is 2.07. The van der Waals surface area contributed by atoms with Gasteiger partial charge in [-0.25, -0.2) is 4.98 Å². The van der Waals surface area contributed by atoms with Crippen molar-refractivity contribution in [2.75, 3.05) is 11.9 Å². The summed E-state index contributed by atoms with van der Waals surface area (Å²) in [5.74, 6) is 0.572. The second-order valence-electron chi connectivity index (χ2n) is 4.96. The number of fused-ring (bicyclic) bond motifs is 1. The molecule has 0 aliphatic carbocycles. The lowest BCUT2D eigenvalue weighted by atomic mass is 10.2. The van der Waals surface area contributed by atoms with Crippen molar-refractivity contribution >= 4 is 50.3 Å². The molecule has 3 aromatic rings. The number of rotatable bonds is 5. The number of amides is 1. The first kappa shape index (κ1) is 16.5. The topological polar surface area (TPSA) is 51.2 Å². The smallest absolute Gasteiger partial charge is 0.250 e. The van der Waals surface area contributed by atoms with Crippen LogP contribution in [0.15, 0.2) is 48.5 Å². The Bertz CT molecular complexity index is 888. The number of anilines is 1. The molecule has 1 amide bonds. The summed E-state index contributed by atoms with van der Waals surface area (Å²) in [5, 5.41) is 4.00. The zero-order valence-corrected chi connectivity index (χ0v) is 14.5. The number of thiazole rings is 1. The highest BCUT2D eigenvalue weighted by atomic mass is 35.5. The van der Waals surface area contributed by atoms with Crippen molar-refractivity contribution in [2.24, 2.45) is 0 Å². The third-order valence-corrected chi connectivity index (χ3v) is 4.38. The van der Waals surface area contributed by atoms with E-state index >= 15 is 0 Å². The first-order valence-electron chi connectivity index (χ1n) is 7.42. The van der Waals surface area contributed by atoms with Crippen LogP contribution in [0.25, 0.3) is 16.3 Å². The summed E-state index contributed by atoms with van der Waals surface area (Å²) in [6.07, 6.45) is 3.20. The van der Waals surface area contributed by atoms with Crippen LogP contribution in [-0.4, -0.2) is 17.5 Å². The third kappa shape index (κ3) is 4.13. The van der Waals surface area contributed by atoms with E-state index in [1.807, 2.05) is 37.3 Å². The number of ether oxygens (including phenoxy) is 1. The van der Waals surface area contributed by atoms with Crippen molar-refractivity contribution in [3.05, 3.63) is 59.1 Å². The van der Waals surface area contributed by atoms with Gasteiger partial charge in [0.1, 0.15) is 5.75 Å². The molecule has 4 nitrogen and oxygen atoms in total. The normalized spacial score (nSPS) is 11.1. The molecule has 0 atom stereocenters. The van der Waals surface area contributed by atoms with E-state index in [0.717, 1.165) is 21.5 Å². The van der Waals surface area contributed by atoms with Gasteiger partial charge in [0.15, 0.2) is 5.13 Å². The van der Waals surface area contributed by atoms with Gasteiger partial charge in [-0.2, -0.15) is 0 Å². The van der Waals surface area contributed by atoms with Crippen LogP contribution in [0.1, 0.15) is 12.5 Å². The molecular formula is C18H15ClN2O2S. The van der Waals surface area contributed by atoms with Crippen LogP contribution in [0.3, 0.4) is 0 Å². The van der Waals surface area contributed by atoms with Crippen molar-refractivity contribution in [3.63, 3.8) is 0 Å². The summed E-state index contributed by atoms with van der Waals surface area (Å²) in [4.78, 5) is 16.4. The van der Waals surface area contributed by atoms with Crippen molar-refractivity contribution in [1.29, 1.82) is 0 Å². The minimum absolute atomic E-state index is 0.228. The van der Waals surface area contributed by atoms with E-state index in [1.54, 1.807) is 18.2 Å². The van der Waals surface area contributed by atoms with Gasteiger partial charge in [0, 0.05) is 11.1 Å². The van der Waals surface area contributed by atoms with Crippen LogP contribution in [-0.2, 0) is 4.79 Å². The van der Waals surface area contributed by atoms with Crippen LogP contribution < -0.4 is 10.1 Å². The molecule has 24 heavy (non-hydrogen) atoms. The minimum Gasteiger partial charge on any atom is -0.494 e. The van der Waals surface area contributed by atoms with Gasteiger partial charge < -0.3 is 4.74 Å². The second kappa shape index (κ2) is 7.47. The number of benzene rings is 2.